The molecule has 2 aromatic carbocycles. The third-order valence-electron chi connectivity index (χ3n) is 4.01. The van der Waals surface area contributed by atoms with Crippen molar-refractivity contribution >= 4 is 51.2 Å². The molecule has 2 N–H and O–H groups in total. The van der Waals surface area contributed by atoms with Gasteiger partial charge >= 0.3 is 0 Å². The van der Waals surface area contributed by atoms with Gasteiger partial charge in [-0.2, -0.15) is 5.10 Å². The van der Waals surface area contributed by atoms with Crippen LogP contribution in [-0.2, 0) is 4.79 Å². The molecular formula is C20H22BrClN4O2. The van der Waals surface area contributed by atoms with Crippen LogP contribution in [0.2, 0.25) is 5.02 Å². The summed E-state index contributed by atoms with van der Waals surface area (Å²) >= 11 is 9.28. The number of carbonyl (C=O) groups excluding carboxylic acids is 2. The van der Waals surface area contributed by atoms with Crippen molar-refractivity contribution in [3.8, 4) is 0 Å². The van der Waals surface area contributed by atoms with E-state index in [1.165, 1.54) is 0 Å². The predicted molar refractivity (Wildman–Crippen MR) is 117 cm³/mol. The second-order valence-corrected chi connectivity index (χ2v) is 7.19. The maximum atomic E-state index is 12.1. The van der Waals surface area contributed by atoms with Crippen LogP contribution in [0.5, 0.6) is 0 Å². The Labute approximate surface area is 178 Å². The summed E-state index contributed by atoms with van der Waals surface area (Å²) in [6, 6.07) is 12.8. The lowest BCUT2D eigenvalue weighted by atomic mass is 10.2. The van der Waals surface area contributed by atoms with Gasteiger partial charge in [-0.05, 0) is 49.7 Å². The van der Waals surface area contributed by atoms with Crippen LogP contribution < -0.4 is 15.6 Å². The quantitative estimate of drug-likeness (QED) is 0.460. The molecule has 6 nitrogen and oxygen atoms in total. The van der Waals surface area contributed by atoms with E-state index in [1.807, 2.05) is 24.3 Å². The summed E-state index contributed by atoms with van der Waals surface area (Å²) in [5, 5.41) is 6.74. The largest absolute Gasteiger partial charge is 0.372 e. The zero-order valence-corrected chi connectivity index (χ0v) is 18.0. The van der Waals surface area contributed by atoms with Gasteiger partial charge in [0.15, 0.2) is 0 Å². The lowest BCUT2D eigenvalue weighted by Crippen LogP contribution is -2.35. The van der Waals surface area contributed by atoms with Gasteiger partial charge in [-0.3, -0.25) is 9.59 Å². The number of anilines is 1. The van der Waals surface area contributed by atoms with Crippen LogP contribution in [0, 0.1) is 0 Å². The topological polar surface area (TPSA) is 73.8 Å². The van der Waals surface area contributed by atoms with Gasteiger partial charge in [0, 0.05) is 23.2 Å². The smallest absolute Gasteiger partial charge is 0.259 e. The molecule has 0 spiro atoms. The van der Waals surface area contributed by atoms with E-state index in [0.717, 1.165) is 28.8 Å². The Morgan fingerprint density at radius 2 is 1.82 bits per heavy atom. The van der Waals surface area contributed by atoms with Crippen LogP contribution in [0.1, 0.15) is 29.8 Å². The fraction of sp³-hybridized carbons (Fsp3) is 0.250. The maximum absolute atomic E-state index is 12.1. The van der Waals surface area contributed by atoms with Gasteiger partial charge in [0.25, 0.3) is 11.8 Å². The number of hydrogen-bond donors (Lipinski definition) is 2. The third kappa shape index (κ3) is 6.35. The van der Waals surface area contributed by atoms with Crippen molar-refractivity contribution in [1.29, 1.82) is 0 Å². The first-order valence-corrected chi connectivity index (χ1v) is 10.0. The highest BCUT2D eigenvalue weighted by atomic mass is 79.9. The minimum absolute atomic E-state index is 0.208. The molecule has 0 saturated heterocycles. The molecule has 0 aliphatic rings. The molecule has 0 aliphatic carbocycles. The molecule has 0 aromatic heterocycles. The SMILES string of the molecule is CCN(CC)c1ccc(/C=N/NC(=O)CNC(=O)c2cc(Br)ccc2Cl)cc1. The van der Waals surface area contributed by atoms with Gasteiger partial charge in [0.05, 0.1) is 23.3 Å². The van der Waals surface area contributed by atoms with E-state index in [9.17, 15) is 9.59 Å². The first-order chi connectivity index (χ1) is 13.4. The highest BCUT2D eigenvalue weighted by Crippen LogP contribution is 2.20. The number of halogens is 2. The van der Waals surface area contributed by atoms with Crippen LogP contribution in [0.15, 0.2) is 52.0 Å². The summed E-state index contributed by atoms with van der Waals surface area (Å²) < 4.78 is 0.725. The number of hydrogen-bond acceptors (Lipinski definition) is 4. The molecule has 0 saturated carbocycles. The van der Waals surface area contributed by atoms with Crippen LogP contribution >= 0.6 is 27.5 Å². The summed E-state index contributed by atoms with van der Waals surface area (Å²) in [6.45, 7) is 5.89. The van der Waals surface area contributed by atoms with Crippen LogP contribution in [0.4, 0.5) is 5.69 Å². The minimum atomic E-state index is -0.435. The Morgan fingerprint density at radius 1 is 1.14 bits per heavy atom. The van der Waals surface area contributed by atoms with E-state index in [0.29, 0.717) is 10.6 Å². The lowest BCUT2D eigenvalue weighted by Gasteiger charge is -2.20. The number of amides is 2. The molecule has 2 aromatic rings. The fourth-order valence-corrected chi connectivity index (χ4v) is 3.07. The molecule has 0 aliphatic heterocycles. The zero-order valence-electron chi connectivity index (χ0n) is 15.7. The lowest BCUT2D eigenvalue weighted by molar-refractivity contribution is -0.120. The fourth-order valence-electron chi connectivity index (χ4n) is 2.51. The normalized spacial score (nSPS) is 10.7. The summed E-state index contributed by atoms with van der Waals surface area (Å²) in [6.07, 6.45) is 1.55. The Kier molecular flexibility index (Phi) is 8.47. The highest BCUT2D eigenvalue weighted by molar-refractivity contribution is 9.10. The molecule has 0 unspecified atom stereocenters. The zero-order chi connectivity index (χ0) is 20.5. The molecule has 2 amide bonds. The number of hydrazone groups is 1. The predicted octanol–water partition coefficient (Wildman–Crippen LogP) is 3.83. The summed E-state index contributed by atoms with van der Waals surface area (Å²) in [5.74, 6) is -0.868. The van der Waals surface area contributed by atoms with Gasteiger partial charge in [-0.15, -0.1) is 0 Å². The number of nitrogens with zero attached hydrogens (tertiary/aromatic N) is 2. The van der Waals surface area contributed by atoms with Crippen molar-refractivity contribution in [3.05, 3.63) is 63.1 Å². The van der Waals surface area contributed by atoms with Crippen molar-refractivity contribution in [2.24, 2.45) is 5.10 Å². The Hall–Kier alpha value is -2.38. The monoisotopic (exact) mass is 464 g/mol. The summed E-state index contributed by atoms with van der Waals surface area (Å²) in [4.78, 5) is 26.2. The average Bonchev–Trinajstić information content (AvgIpc) is 2.70. The minimum Gasteiger partial charge on any atom is -0.372 e. The van der Waals surface area contributed by atoms with Crippen LogP contribution in [0.25, 0.3) is 0 Å². The van der Waals surface area contributed by atoms with Gasteiger partial charge < -0.3 is 10.2 Å². The number of nitrogens with one attached hydrogen (secondary N) is 2. The molecule has 148 valence electrons. The Morgan fingerprint density at radius 3 is 2.46 bits per heavy atom. The van der Waals surface area contributed by atoms with E-state index < -0.39 is 11.8 Å². The van der Waals surface area contributed by atoms with Crippen molar-refractivity contribution in [3.63, 3.8) is 0 Å². The highest BCUT2D eigenvalue weighted by Gasteiger charge is 2.12. The Bertz CT molecular complexity index is 852. The van der Waals surface area contributed by atoms with Gasteiger partial charge in [0.1, 0.15) is 0 Å². The number of carbonyl (C=O) groups is 2. The molecular weight excluding hydrogens is 444 g/mol. The van der Waals surface area contributed by atoms with Gasteiger partial charge in [-0.1, -0.05) is 39.7 Å². The molecule has 0 heterocycles. The molecule has 2 rings (SSSR count). The molecule has 28 heavy (non-hydrogen) atoms. The number of rotatable bonds is 8. The van der Waals surface area contributed by atoms with E-state index >= 15 is 0 Å². The van der Waals surface area contributed by atoms with Crippen molar-refractivity contribution in [2.45, 2.75) is 13.8 Å². The molecule has 8 heteroatoms. The van der Waals surface area contributed by atoms with Gasteiger partial charge in [0.2, 0.25) is 0 Å². The molecule has 0 fully saturated rings. The van der Waals surface area contributed by atoms with E-state index in [-0.39, 0.29) is 6.54 Å². The van der Waals surface area contributed by atoms with Crippen molar-refractivity contribution < 1.29 is 9.59 Å². The van der Waals surface area contributed by atoms with E-state index in [4.69, 9.17) is 11.6 Å². The van der Waals surface area contributed by atoms with Crippen LogP contribution in [-0.4, -0.2) is 37.7 Å². The average molecular weight is 466 g/mol. The second-order valence-electron chi connectivity index (χ2n) is 5.86. The summed E-state index contributed by atoms with van der Waals surface area (Å²) in [7, 11) is 0. The first-order valence-electron chi connectivity index (χ1n) is 8.84. The van der Waals surface area contributed by atoms with E-state index in [2.05, 4.69) is 50.5 Å². The van der Waals surface area contributed by atoms with Crippen LogP contribution in [0.3, 0.4) is 0 Å². The number of benzene rings is 2. The standard InChI is InChI=1S/C20H22BrClN4O2/c1-3-26(4-2)16-8-5-14(6-9-16)12-24-25-19(27)13-23-20(28)17-11-15(21)7-10-18(17)22/h5-12H,3-4,13H2,1-2H3,(H,23,28)(H,25,27)/b24-12+. The first kappa shape index (κ1) is 21.9. The van der Waals surface area contributed by atoms with Gasteiger partial charge in [-0.25, -0.2) is 5.43 Å². The maximum Gasteiger partial charge on any atom is 0.259 e. The molecule has 0 radical (unpaired) electrons. The molecule has 0 atom stereocenters. The molecule has 0 bridgehead atoms. The van der Waals surface area contributed by atoms with E-state index in [1.54, 1.807) is 24.4 Å². The summed E-state index contributed by atoms with van der Waals surface area (Å²) in [5.41, 5.74) is 4.68. The third-order valence-corrected chi connectivity index (χ3v) is 4.83. The Balaban J connectivity index is 1.83. The van der Waals surface area contributed by atoms with Crippen molar-refractivity contribution in [1.82, 2.24) is 10.7 Å². The van der Waals surface area contributed by atoms with Crippen molar-refractivity contribution in [2.75, 3.05) is 24.5 Å². The second kappa shape index (κ2) is 10.8.